The van der Waals surface area contributed by atoms with Gasteiger partial charge in [0.15, 0.2) is 23.3 Å². The first-order valence-electron chi connectivity index (χ1n) is 8.54. The van der Waals surface area contributed by atoms with Crippen LogP contribution >= 0.6 is 0 Å². The zero-order chi connectivity index (χ0) is 31.1. The van der Waals surface area contributed by atoms with Gasteiger partial charge in [-0.25, -0.2) is 27.2 Å². The largest absolute Gasteiger partial charge is 0.460 e. The van der Waals surface area contributed by atoms with Crippen molar-refractivity contribution in [3.8, 4) is 5.69 Å². The van der Waals surface area contributed by atoms with Crippen LogP contribution in [0.1, 0.15) is 17.2 Å². The molecule has 0 fully saturated rings. The molecule has 0 spiro atoms. The summed E-state index contributed by atoms with van der Waals surface area (Å²) in [5, 5.41) is 1.49. The maximum atomic E-state index is 14.2. The second-order valence-corrected chi connectivity index (χ2v) is 6.94. The van der Waals surface area contributed by atoms with Gasteiger partial charge in [-0.2, -0.15) is 74.6 Å². The standard InChI is InChI=1S/C15F21N3/c16-2-1(11(24,25)26)3(17)5(19)6(4(2)18)39-8(10(22,23)13(29,30)15(34,35)36)37-7(38-39)9(20,21)12(27,28)14(31,32)33. The Bertz CT molecular complexity index is 1230. The van der Waals surface area contributed by atoms with Gasteiger partial charge in [0.25, 0.3) is 0 Å². The first-order valence-corrected chi connectivity index (χ1v) is 8.54. The topological polar surface area (TPSA) is 30.7 Å². The Labute approximate surface area is 196 Å². The summed E-state index contributed by atoms with van der Waals surface area (Å²) >= 11 is 0. The van der Waals surface area contributed by atoms with Gasteiger partial charge in [0.1, 0.15) is 11.3 Å². The molecule has 222 valence electrons. The lowest BCUT2D eigenvalue weighted by molar-refractivity contribution is -0.363. The Morgan fingerprint density at radius 1 is 0.487 bits per heavy atom. The summed E-state index contributed by atoms with van der Waals surface area (Å²) in [5.74, 6) is -52.4. The first-order chi connectivity index (χ1) is 17.0. The number of nitrogens with zero attached hydrogens (tertiary/aromatic N) is 3. The average molecular weight is 621 g/mol. The Morgan fingerprint density at radius 3 is 1.18 bits per heavy atom. The van der Waals surface area contributed by atoms with Gasteiger partial charge < -0.3 is 0 Å². The zero-order valence-electron chi connectivity index (χ0n) is 16.8. The van der Waals surface area contributed by atoms with Gasteiger partial charge in [0, 0.05) is 0 Å². The average Bonchev–Trinajstić information content (AvgIpc) is 3.16. The lowest BCUT2D eigenvalue weighted by Gasteiger charge is -2.27. The van der Waals surface area contributed by atoms with E-state index in [0.29, 0.717) is 0 Å². The zero-order valence-corrected chi connectivity index (χ0v) is 16.8. The summed E-state index contributed by atoms with van der Waals surface area (Å²) in [5.41, 5.74) is -6.99. The monoisotopic (exact) mass is 621 g/mol. The van der Waals surface area contributed by atoms with Crippen LogP contribution in [0.15, 0.2) is 0 Å². The van der Waals surface area contributed by atoms with E-state index in [9.17, 15) is 92.2 Å². The van der Waals surface area contributed by atoms with Crippen LogP contribution in [0.2, 0.25) is 0 Å². The number of hydrogen-bond donors (Lipinski definition) is 0. The number of halogens is 21. The van der Waals surface area contributed by atoms with Crippen molar-refractivity contribution in [3.63, 3.8) is 0 Å². The highest BCUT2D eigenvalue weighted by Gasteiger charge is 2.78. The lowest BCUT2D eigenvalue weighted by atomic mass is 10.1. The van der Waals surface area contributed by atoms with Gasteiger partial charge in [-0.05, 0) is 0 Å². The Balaban J connectivity index is 3.15. The Morgan fingerprint density at radius 2 is 0.846 bits per heavy atom. The second-order valence-electron chi connectivity index (χ2n) is 6.94. The maximum absolute atomic E-state index is 14.2. The molecule has 1 aromatic carbocycles. The SMILES string of the molecule is Fc1c(F)c(C(F)(F)F)c(F)c(F)c1-n1nc(C(F)(F)C(F)(F)C(F)(F)F)nc1C(F)(F)C(F)(F)C(F)(F)F. The minimum absolute atomic E-state index is 1.29. The molecule has 0 amide bonds. The molecule has 2 rings (SSSR count). The summed E-state index contributed by atoms with van der Waals surface area (Å²) < 4.78 is 276. The van der Waals surface area contributed by atoms with Crippen LogP contribution in [0, 0.1) is 23.3 Å². The van der Waals surface area contributed by atoms with Gasteiger partial charge in [0.05, 0.1) is 0 Å². The van der Waals surface area contributed by atoms with Gasteiger partial charge in [-0.1, -0.05) is 0 Å². The quantitative estimate of drug-likeness (QED) is 0.257. The lowest BCUT2D eigenvalue weighted by Crippen LogP contribution is -2.51. The number of rotatable bonds is 5. The van der Waals surface area contributed by atoms with Crippen molar-refractivity contribution in [2.45, 2.75) is 42.2 Å². The molecule has 0 aliphatic rings. The smallest absolute Gasteiger partial charge is 0.205 e. The molecule has 3 nitrogen and oxygen atoms in total. The highest BCUT2D eigenvalue weighted by Crippen LogP contribution is 2.54. The van der Waals surface area contributed by atoms with Crippen LogP contribution in [0.4, 0.5) is 92.2 Å². The molecule has 1 heterocycles. The van der Waals surface area contributed by atoms with Crippen molar-refractivity contribution in [1.29, 1.82) is 0 Å². The van der Waals surface area contributed by atoms with Crippen LogP contribution in [0.5, 0.6) is 0 Å². The molecular weight excluding hydrogens is 621 g/mol. The van der Waals surface area contributed by atoms with E-state index in [1.807, 2.05) is 0 Å². The van der Waals surface area contributed by atoms with Crippen molar-refractivity contribution in [1.82, 2.24) is 14.8 Å². The van der Waals surface area contributed by atoms with Crippen molar-refractivity contribution in [3.05, 3.63) is 40.5 Å². The molecule has 0 bridgehead atoms. The summed E-state index contributed by atoms with van der Waals surface area (Å²) in [4.78, 5) is 1.29. The third kappa shape index (κ3) is 4.57. The van der Waals surface area contributed by atoms with Crippen LogP contribution in [0.25, 0.3) is 5.69 Å². The van der Waals surface area contributed by atoms with Crippen LogP contribution in [0.3, 0.4) is 0 Å². The van der Waals surface area contributed by atoms with Gasteiger partial charge in [-0.3, -0.25) is 0 Å². The summed E-state index contributed by atoms with van der Waals surface area (Å²) in [6.07, 6.45) is -21.3. The fourth-order valence-corrected chi connectivity index (χ4v) is 2.50. The van der Waals surface area contributed by atoms with E-state index in [-0.39, 0.29) is 0 Å². The van der Waals surface area contributed by atoms with Gasteiger partial charge in [-0.15, -0.1) is 5.10 Å². The maximum Gasteiger partial charge on any atom is 0.460 e. The fraction of sp³-hybridized carbons (Fsp3) is 0.467. The molecule has 24 heteroatoms. The van der Waals surface area contributed by atoms with E-state index in [1.165, 1.54) is 10.1 Å². The molecule has 0 aliphatic heterocycles. The van der Waals surface area contributed by atoms with E-state index in [0.717, 1.165) is 0 Å². The summed E-state index contributed by atoms with van der Waals surface area (Å²) in [6, 6.07) is 0. The molecule has 0 aliphatic carbocycles. The fourth-order valence-electron chi connectivity index (χ4n) is 2.50. The molecule has 39 heavy (non-hydrogen) atoms. The predicted molar refractivity (Wildman–Crippen MR) is 76.0 cm³/mol. The summed E-state index contributed by atoms with van der Waals surface area (Å²) in [7, 11) is 0. The van der Waals surface area contributed by atoms with E-state index >= 15 is 0 Å². The molecule has 2 aromatic rings. The molecule has 1 aromatic heterocycles. The highest BCUT2D eigenvalue weighted by atomic mass is 19.4. The van der Waals surface area contributed by atoms with Crippen molar-refractivity contribution >= 4 is 0 Å². The minimum Gasteiger partial charge on any atom is -0.205 e. The molecule has 0 saturated heterocycles. The van der Waals surface area contributed by atoms with Crippen molar-refractivity contribution in [2.24, 2.45) is 0 Å². The molecule has 0 saturated carbocycles. The van der Waals surface area contributed by atoms with E-state index < -0.39 is 93.1 Å². The van der Waals surface area contributed by atoms with E-state index in [4.69, 9.17) is 0 Å². The predicted octanol–water partition coefficient (Wildman–Crippen LogP) is 7.42. The first kappa shape index (κ1) is 32.1. The van der Waals surface area contributed by atoms with E-state index in [2.05, 4.69) is 0 Å². The normalized spacial score (nSPS) is 14.8. The third-order valence-corrected chi connectivity index (χ3v) is 4.41. The molecule has 0 N–H and O–H groups in total. The minimum atomic E-state index is -7.65. The number of alkyl halides is 17. The highest BCUT2D eigenvalue weighted by molar-refractivity contribution is 5.42. The van der Waals surface area contributed by atoms with E-state index in [1.54, 1.807) is 0 Å². The van der Waals surface area contributed by atoms with Crippen LogP contribution in [-0.2, 0) is 18.0 Å². The number of hydrogen-bond acceptors (Lipinski definition) is 2. The van der Waals surface area contributed by atoms with Crippen molar-refractivity contribution in [2.75, 3.05) is 0 Å². The second kappa shape index (κ2) is 8.69. The van der Waals surface area contributed by atoms with Crippen LogP contribution < -0.4 is 0 Å². The third-order valence-electron chi connectivity index (χ3n) is 4.41. The molecular formula is C15F21N3. The molecule has 0 atom stereocenters. The molecule has 0 radical (unpaired) electrons. The summed E-state index contributed by atoms with van der Waals surface area (Å²) in [6.45, 7) is 0. The van der Waals surface area contributed by atoms with Crippen molar-refractivity contribution < 1.29 is 92.2 Å². The van der Waals surface area contributed by atoms with Gasteiger partial charge >= 0.3 is 42.2 Å². The number of aromatic nitrogens is 3. The number of benzene rings is 1. The van der Waals surface area contributed by atoms with Gasteiger partial charge in [0.2, 0.25) is 11.6 Å². The Kier molecular flexibility index (Phi) is 7.16. The Hall–Kier alpha value is -3.11. The molecule has 0 unspecified atom stereocenters. The van der Waals surface area contributed by atoms with Crippen LogP contribution in [-0.4, -0.2) is 39.0 Å².